The van der Waals surface area contributed by atoms with Crippen LogP contribution >= 0.6 is 34.8 Å². The summed E-state index contributed by atoms with van der Waals surface area (Å²) < 4.78 is 6.03. The fraction of sp³-hybridized carbons (Fsp3) is 0.190. The fourth-order valence-electron chi connectivity index (χ4n) is 2.86. The Labute approximate surface area is 178 Å². The van der Waals surface area contributed by atoms with Crippen molar-refractivity contribution in [3.63, 3.8) is 0 Å². The van der Waals surface area contributed by atoms with E-state index < -0.39 is 0 Å². The molecular formula is C21H18Cl3N3O. The van der Waals surface area contributed by atoms with Crippen molar-refractivity contribution in [2.75, 3.05) is 0 Å². The highest BCUT2D eigenvalue weighted by molar-refractivity contribution is 6.35. The molecule has 1 aromatic carbocycles. The molecule has 0 aliphatic carbocycles. The molecule has 0 unspecified atom stereocenters. The van der Waals surface area contributed by atoms with Gasteiger partial charge in [0.15, 0.2) is 0 Å². The molecule has 0 fully saturated rings. The van der Waals surface area contributed by atoms with E-state index in [9.17, 15) is 0 Å². The maximum absolute atomic E-state index is 6.30. The molecule has 4 nitrogen and oxygen atoms in total. The van der Waals surface area contributed by atoms with E-state index in [2.05, 4.69) is 15.0 Å². The third kappa shape index (κ3) is 4.30. The second-order valence-electron chi connectivity index (χ2n) is 6.10. The van der Waals surface area contributed by atoms with Gasteiger partial charge in [-0.3, -0.25) is 9.98 Å². The summed E-state index contributed by atoms with van der Waals surface area (Å²) in [7, 11) is 0. The van der Waals surface area contributed by atoms with Crippen LogP contribution in [0, 0.1) is 6.92 Å². The molecule has 0 amide bonds. The van der Waals surface area contributed by atoms with Crippen LogP contribution in [0.1, 0.15) is 30.7 Å². The topological polar surface area (TPSA) is 47.4 Å². The summed E-state index contributed by atoms with van der Waals surface area (Å²) in [5, 5.41) is 2.41. The van der Waals surface area contributed by atoms with Gasteiger partial charge in [0.05, 0.1) is 15.7 Å². The quantitative estimate of drug-likeness (QED) is 0.413. The molecular weight excluding hydrogens is 417 g/mol. The lowest BCUT2D eigenvalue weighted by atomic mass is 10.0. The number of nitrogens with zero attached hydrogens (tertiary/aromatic N) is 3. The van der Waals surface area contributed by atoms with Crippen LogP contribution < -0.4 is 4.74 Å². The first-order chi connectivity index (χ1) is 13.4. The second-order valence-corrected chi connectivity index (χ2v) is 7.48. The van der Waals surface area contributed by atoms with Crippen molar-refractivity contribution in [3.8, 4) is 5.75 Å². The molecule has 3 rings (SSSR count). The van der Waals surface area contributed by atoms with E-state index in [4.69, 9.17) is 39.5 Å². The molecule has 144 valence electrons. The number of rotatable bonds is 5. The number of para-hydroxylation sites is 1. The van der Waals surface area contributed by atoms with E-state index >= 15 is 0 Å². The van der Waals surface area contributed by atoms with Crippen LogP contribution in [0.3, 0.4) is 0 Å². The first-order valence-electron chi connectivity index (χ1n) is 8.58. The van der Waals surface area contributed by atoms with Crippen molar-refractivity contribution in [1.82, 2.24) is 9.97 Å². The molecule has 0 spiro atoms. The summed E-state index contributed by atoms with van der Waals surface area (Å²) in [6.45, 7) is 5.80. The monoisotopic (exact) mass is 433 g/mol. The Hall–Kier alpha value is -2.14. The molecule has 2 heterocycles. The molecule has 7 heteroatoms. The Morgan fingerprint density at radius 2 is 1.93 bits per heavy atom. The molecule has 0 bridgehead atoms. The number of pyridine rings is 2. The first-order valence-corrected chi connectivity index (χ1v) is 9.72. The number of fused-ring (bicyclic) bond motifs is 1. The largest absolute Gasteiger partial charge is 0.487 e. The fourth-order valence-corrected chi connectivity index (χ4v) is 3.49. The lowest BCUT2D eigenvalue weighted by Crippen LogP contribution is -2.00. The van der Waals surface area contributed by atoms with Crippen molar-refractivity contribution in [3.05, 3.63) is 68.6 Å². The van der Waals surface area contributed by atoms with Crippen LogP contribution in [-0.2, 0) is 6.61 Å². The molecule has 0 aliphatic rings. The van der Waals surface area contributed by atoms with Gasteiger partial charge in [-0.1, -0.05) is 46.9 Å². The van der Waals surface area contributed by atoms with Crippen molar-refractivity contribution >= 4 is 57.6 Å². The van der Waals surface area contributed by atoms with Gasteiger partial charge in [-0.2, -0.15) is 0 Å². The predicted octanol–water partition coefficient (Wildman–Crippen LogP) is 6.84. The van der Waals surface area contributed by atoms with Gasteiger partial charge in [0.1, 0.15) is 17.9 Å². The summed E-state index contributed by atoms with van der Waals surface area (Å²) >= 11 is 18.7. The molecule has 0 aliphatic heterocycles. The zero-order chi connectivity index (χ0) is 20.3. The van der Waals surface area contributed by atoms with Crippen molar-refractivity contribution in [2.24, 2.45) is 4.99 Å². The van der Waals surface area contributed by atoms with Crippen LogP contribution in [0.5, 0.6) is 5.75 Å². The zero-order valence-electron chi connectivity index (χ0n) is 15.6. The number of ether oxygens (including phenoxy) is 1. The lowest BCUT2D eigenvalue weighted by Gasteiger charge is -2.14. The highest BCUT2D eigenvalue weighted by atomic mass is 35.5. The lowest BCUT2D eigenvalue weighted by molar-refractivity contribution is 0.309. The maximum Gasteiger partial charge on any atom is 0.146 e. The number of aromatic nitrogens is 2. The molecule has 0 saturated carbocycles. The normalized spacial score (nSPS) is 12.5. The van der Waals surface area contributed by atoms with Gasteiger partial charge in [-0.15, -0.1) is 0 Å². The molecule has 0 saturated heterocycles. The van der Waals surface area contributed by atoms with Gasteiger partial charge in [-0.25, -0.2) is 4.98 Å². The van der Waals surface area contributed by atoms with Gasteiger partial charge in [0, 0.05) is 45.8 Å². The number of halogens is 3. The minimum atomic E-state index is 0.203. The minimum absolute atomic E-state index is 0.203. The Bertz CT molecular complexity index is 1070. The standard InChI is InChI=1S/C21H18Cl3N3O/c1-4-26-20(13(3)22)15-8-12(2)27-21-14(15)6-5-7-19(21)28-11-16-17(23)9-25-10-18(16)24/h4-10H,11H2,1-3H3/b20-13+,26-4-. The third-order valence-corrected chi connectivity index (χ3v) is 4.92. The van der Waals surface area contributed by atoms with E-state index in [1.807, 2.05) is 45.0 Å². The summed E-state index contributed by atoms with van der Waals surface area (Å²) in [6, 6.07) is 7.71. The van der Waals surface area contributed by atoms with E-state index in [0.29, 0.717) is 32.1 Å². The highest BCUT2D eigenvalue weighted by Crippen LogP contribution is 2.34. The van der Waals surface area contributed by atoms with Crippen molar-refractivity contribution in [1.29, 1.82) is 0 Å². The number of aliphatic imine (C=N–C) groups is 1. The van der Waals surface area contributed by atoms with Gasteiger partial charge < -0.3 is 4.74 Å². The maximum atomic E-state index is 6.30. The van der Waals surface area contributed by atoms with Crippen LogP contribution in [0.4, 0.5) is 0 Å². The first kappa shape index (κ1) is 20.6. The molecule has 3 aromatic rings. The number of benzene rings is 1. The highest BCUT2D eigenvalue weighted by Gasteiger charge is 2.14. The number of aryl methyl sites for hydroxylation is 1. The van der Waals surface area contributed by atoms with E-state index in [1.165, 1.54) is 0 Å². The summed E-state index contributed by atoms with van der Waals surface area (Å²) in [4.78, 5) is 13.1. The third-order valence-electron chi connectivity index (χ3n) is 4.09. The van der Waals surface area contributed by atoms with Gasteiger partial charge in [-0.05, 0) is 32.9 Å². The van der Waals surface area contributed by atoms with Gasteiger partial charge in [0.25, 0.3) is 0 Å². The molecule has 0 N–H and O–H groups in total. The minimum Gasteiger partial charge on any atom is -0.487 e. The number of allylic oxidation sites excluding steroid dienone is 1. The van der Waals surface area contributed by atoms with Crippen molar-refractivity contribution in [2.45, 2.75) is 27.4 Å². The average Bonchev–Trinajstić information content (AvgIpc) is 2.65. The van der Waals surface area contributed by atoms with E-state index in [-0.39, 0.29) is 6.61 Å². The Kier molecular flexibility index (Phi) is 6.55. The Balaban J connectivity index is 2.10. The summed E-state index contributed by atoms with van der Waals surface area (Å²) in [5.41, 5.74) is 3.84. The van der Waals surface area contributed by atoms with Crippen LogP contribution in [0.25, 0.3) is 16.6 Å². The Morgan fingerprint density at radius 3 is 2.57 bits per heavy atom. The van der Waals surface area contributed by atoms with Crippen LogP contribution in [-0.4, -0.2) is 16.2 Å². The summed E-state index contributed by atoms with van der Waals surface area (Å²) in [5.74, 6) is 0.624. The number of hydrogen-bond donors (Lipinski definition) is 0. The predicted molar refractivity (Wildman–Crippen MR) is 118 cm³/mol. The molecule has 0 radical (unpaired) electrons. The number of hydrogen-bond acceptors (Lipinski definition) is 4. The van der Waals surface area contributed by atoms with Crippen molar-refractivity contribution < 1.29 is 4.74 Å². The molecule has 28 heavy (non-hydrogen) atoms. The van der Waals surface area contributed by atoms with Gasteiger partial charge >= 0.3 is 0 Å². The second kappa shape index (κ2) is 8.91. The smallest absolute Gasteiger partial charge is 0.146 e. The molecule has 0 atom stereocenters. The van der Waals surface area contributed by atoms with Crippen LogP contribution in [0.15, 0.2) is 46.7 Å². The van der Waals surface area contributed by atoms with Gasteiger partial charge in [0.2, 0.25) is 0 Å². The SMILES string of the molecule is C/C=N\C(=C(/C)Cl)c1cc(C)nc2c(OCc3c(Cl)cncc3Cl)cccc12. The Morgan fingerprint density at radius 1 is 1.21 bits per heavy atom. The zero-order valence-corrected chi connectivity index (χ0v) is 17.9. The summed E-state index contributed by atoms with van der Waals surface area (Å²) in [6.07, 6.45) is 4.80. The van der Waals surface area contributed by atoms with Crippen LogP contribution in [0.2, 0.25) is 10.0 Å². The van der Waals surface area contributed by atoms with E-state index in [1.54, 1.807) is 18.6 Å². The molecule has 2 aromatic heterocycles. The average molecular weight is 435 g/mol. The van der Waals surface area contributed by atoms with E-state index in [0.717, 1.165) is 22.2 Å².